The number of carbonyl (C=O) groups is 2. The van der Waals surface area contributed by atoms with Crippen LogP contribution >= 0.6 is 22.6 Å². The second-order valence-electron chi connectivity index (χ2n) is 8.64. The Morgan fingerprint density at radius 2 is 1.78 bits per heavy atom. The third-order valence-electron chi connectivity index (χ3n) is 6.43. The van der Waals surface area contributed by atoms with Crippen molar-refractivity contribution in [2.45, 2.75) is 25.8 Å². The van der Waals surface area contributed by atoms with E-state index in [2.05, 4.69) is 27.9 Å². The summed E-state index contributed by atoms with van der Waals surface area (Å²) >= 11 is 2.15. The van der Waals surface area contributed by atoms with Gasteiger partial charge in [-0.05, 0) is 84.5 Å². The molecule has 1 aromatic heterocycles. The lowest BCUT2D eigenvalue weighted by molar-refractivity contribution is -0.121. The number of fused-ring (bicyclic) bond motifs is 1. The van der Waals surface area contributed by atoms with Crippen LogP contribution < -0.4 is 10.2 Å². The Labute approximate surface area is 222 Å². The summed E-state index contributed by atoms with van der Waals surface area (Å²) in [6.45, 7) is 4.20. The molecule has 1 aliphatic heterocycles. The highest BCUT2D eigenvalue weighted by molar-refractivity contribution is 14.1. The lowest BCUT2D eigenvalue weighted by atomic mass is 9.81. The summed E-state index contributed by atoms with van der Waals surface area (Å²) in [6.07, 6.45) is 0. The molecule has 2 atom stereocenters. The van der Waals surface area contributed by atoms with Crippen molar-refractivity contribution in [1.82, 2.24) is 15.1 Å². The molecule has 2 heterocycles. The van der Waals surface area contributed by atoms with Gasteiger partial charge in [0.05, 0.1) is 11.4 Å². The summed E-state index contributed by atoms with van der Waals surface area (Å²) in [5.41, 5.74) is 3.60. The number of amides is 2. The number of aryl methyl sites for hydroxylation is 1. The zero-order chi connectivity index (χ0) is 25.4. The molecule has 0 radical (unpaired) electrons. The molecule has 0 bridgehead atoms. The predicted octanol–water partition coefficient (Wildman–Crippen LogP) is 5.22. The van der Waals surface area contributed by atoms with Gasteiger partial charge in [0, 0.05) is 27.2 Å². The Bertz CT molecular complexity index is 1440. The van der Waals surface area contributed by atoms with Crippen molar-refractivity contribution in [2.24, 2.45) is 0 Å². The molecule has 0 saturated carbocycles. The Balaban J connectivity index is 1.68. The fraction of sp³-hybridized carbons (Fsp3) is 0.179. The molecule has 0 spiro atoms. The normalized spacial score (nSPS) is 17.1. The number of rotatable bonds is 5. The first kappa shape index (κ1) is 24.2. The summed E-state index contributed by atoms with van der Waals surface area (Å²) in [4.78, 5) is 29.0. The van der Waals surface area contributed by atoms with Gasteiger partial charge in [0.1, 0.15) is 17.7 Å². The van der Waals surface area contributed by atoms with Gasteiger partial charge < -0.3 is 5.32 Å². The van der Waals surface area contributed by atoms with Crippen molar-refractivity contribution in [3.8, 4) is 5.69 Å². The lowest BCUT2D eigenvalue weighted by Gasteiger charge is -2.38. The topological polar surface area (TPSA) is 67.2 Å². The maximum absolute atomic E-state index is 14.0. The van der Waals surface area contributed by atoms with Crippen molar-refractivity contribution >= 4 is 40.2 Å². The molecular formula is C28H24FIN4O2. The molecule has 36 heavy (non-hydrogen) atoms. The fourth-order valence-corrected chi connectivity index (χ4v) is 5.36. The molecule has 5 rings (SSSR count). The monoisotopic (exact) mass is 594 g/mol. The van der Waals surface area contributed by atoms with Crippen LogP contribution in [0.2, 0.25) is 0 Å². The highest BCUT2D eigenvalue weighted by Crippen LogP contribution is 2.43. The van der Waals surface area contributed by atoms with Gasteiger partial charge in [0.25, 0.3) is 11.8 Å². The first-order chi connectivity index (χ1) is 17.4. The van der Waals surface area contributed by atoms with Crippen molar-refractivity contribution in [1.29, 1.82) is 0 Å². The van der Waals surface area contributed by atoms with Crippen molar-refractivity contribution < 1.29 is 14.0 Å². The molecule has 182 valence electrons. The van der Waals surface area contributed by atoms with E-state index in [0.29, 0.717) is 17.9 Å². The van der Waals surface area contributed by atoms with Gasteiger partial charge >= 0.3 is 0 Å². The first-order valence-electron chi connectivity index (χ1n) is 11.7. The predicted molar refractivity (Wildman–Crippen MR) is 145 cm³/mol. The Kier molecular flexibility index (Phi) is 6.61. The maximum atomic E-state index is 14.0. The van der Waals surface area contributed by atoms with E-state index < -0.39 is 12.0 Å². The first-order valence-corrected chi connectivity index (χ1v) is 12.7. The van der Waals surface area contributed by atoms with Gasteiger partial charge in [-0.2, -0.15) is 5.10 Å². The minimum atomic E-state index is -0.889. The summed E-state index contributed by atoms with van der Waals surface area (Å²) in [7, 11) is 0. The van der Waals surface area contributed by atoms with Crippen LogP contribution in [0.25, 0.3) is 5.69 Å². The number of likely N-dealkylation sites (N-methyl/N-ethyl adjacent to an activating group) is 1. The Morgan fingerprint density at radius 1 is 1.06 bits per heavy atom. The van der Waals surface area contributed by atoms with E-state index >= 15 is 0 Å². The Hall–Kier alpha value is -3.53. The number of para-hydroxylation sites is 1. The summed E-state index contributed by atoms with van der Waals surface area (Å²) < 4.78 is 16.5. The number of nitrogens with zero attached hydrogens (tertiary/aromatic N) is 3. The van der Waals surface area contributed by atoms with Crippen LogP contribution in [0.4, 0.5) is 10.2 Å². The maximum Gasteiger partial charge on any atom is 0.251 e. The molecule has 0 fully saturated rings. The van der Waals surface area contributed by atoms with Crippen LogP contribution in [0.3, 0.4) is 0 Å². The third-order valence-corrected chi connectivity index (χ3v) is 7.10. The quantitative estimate of drug-likeness (QED) is 0.323. The number of anilines is 1. The number of hydrogen-bond acceptors (Lipinski definition) is 3. The average molecular weight is 594 g/mol. The van der Waals surface area contributed by atoms with Crippen LogP contribution in [0.1, 0.15) is 40.0 Å². The van der Waals surface area contributed by atoms with Gasteiger partial charge in [0.2, 0.25) is 0 Å². The summed E-state index contributed by atoms with van der Waals surface area (Å²) in [5.74, 6) is -0.824. The zero-order valence-electron chi connectivity index (χ0n) is 19.8. The van der Waals surface area contributed by atoms with Gasteiger partial charge in [-0.1, -0.05) is 36.4 Å². The van der Waals surface area contributed by atoms with Gasteiger partial charge in [-0.3, -0.25) is 14.5 Å². The third kappa shape index (κ3) is 4.30. The van der Waals surface area contributed by atoms with Gasteiger partial charge in [-0.25, -0.2) is 9.07 Å². The number of halogens is 2. The highest BCUT2D eigenvalue weighted by atomic mass is 127. The van der Waals surface area contributed by atoms with Crippen LogP contribution in [0.15, 0.2) is 78.9 Å². The number of hydrogen-bond donors (Lipinski definition) is 1. The molecule has 6 nitrogen and oxygen atoms in total. The zero-order valence-corrected chi connectivity index (χ0v) is 21.9. The minimum absolute atomic E-state index is 0.240. The molecule has 0 unspecified atom stereocenters. The number of aromatic nitrogens is 2. The standard InChI is InChI=1S/C28H24FIN4O2/c1-3-33-27-23(17(2)32-34(27)22-10-5-4-6-11-22)24(18-12-14-20(29)15-13-18)25(28(33)36)31-26(35)19-8-7-9-21(30)16-19/h4-16,24-25H,3H2,1-2H3,(H,31,35)/t24-,25-/m0/s1. The van der Waals surface area contributed by atoms with E-state index in [0.717, 1.165) is 26.1 Å². The van der Waals surface area contributed by atoms with Crippen LogP contribution in [-0.4, -0.2) is 34.2 Å². The van der Waals surface area contributed by atoms with Crippen LogP contribution in [-0.2, 0) is 4.79 Å². The molecule has 0 aliphatic carbocycles. The molecule has 4 aromatic rings. The lowest BCUT2D eigenvalue weighted by Crippen LogP contribution is -2.55. The second kappa shape index (κ2) is 9.85. The number of benzene rings is 3. The molecule has 0 saturated heterocycles. The number of nitrogens with one attached hydrogen (secondary N) is 1. The highest BCUT2D eigenvalue weighted by Gasteiger charge is 2.45. The summed E-state index contributed by atoms with van der Waals surface area (Å²) in [6, 6.07) is 22.0. The van der Waals surface area contributed by atoms with Crippen molar-refractivity contribution in [3.05, 3.63) is 111 Å². The summed E-state index contributed by atoms with van der Waals surface area (Å²) in [5, 5.41) is 7.80. The molecule has 1 aliphatic rings. The molecule has 2 amide bonds. The van der Waals surface area contributed by atoms with E-state index in [9.17, 15) is 14.0 Å². The van der Waals surface area contributed by atoms with E-state index in [1.165, 1.54) is 12.1 Å². The molecule has 1 N–H and O–H groups in total. The SMILES string of the molecule is CCN1C(=O)[C@@H](NC(=O)c2cccc(I)c2)[C@@H](c2ccc(F)cc2)c2c(C)nn(-c3ccccc3)c21. The van der Waals surface area contributed by atoms with Crippen molar-refractivity contribution in [3.63, 3.8) is 0 Å². The Morgan fingerprint density at radius 3 is 2.44 bits per heavy atom. The molecule has 8 heteroatoms. The van der Waals surface area contributed by atoms with Crippen molar-refractivity contribution in [2.75, 3.05) is 11.4 Å². The van der Waals surface area contributed by atoms with E-state index in [1.54, 1.807) is 39.9 Å². The largest absolute Gasteiger partial charge is 0.339 e. The second-order valence-corrected chi connectivity index (χ2v) is 9.89. The molecular weight excluding hydrogens is 570 g/mol. The number of carbonyl (C=O) groups excluding carboxylic acids is 2. The smallest absolute Gasteiger partial charge is 0.251 e. The van der Waals surface area contributed by atoms with Gasteiger partial charge in [-0.15, -0.1) is 0 Å². The average Bonchev–Trinajstić information content (AvgIpc) is 3.22. The molecule has 3 aromatic carbocycles. The fourth-order valence-electron chi connectivity index (χ4n) is 4.82. The minimum Gasteiger partial charge on any atom is -0.339 e. The van der Waals surface area contributed by atoms with Crippen LogP contribution in [0, 0.1) is 16.3 Å². The van der Waals surface area contributed by atoms with Gasteiger partial charge in [0.15, 0.2) is 0 Å². The van der Waals surface area contributed by atoms with E-state index in [1.807, 2.05) is 50.2 Å². The van der Waals surface area contributed by atoms with E-state index in [4.69, 9.17) is 5.10 Å². The van der Waals surface area contributed by atoms with E-state index in [-0.39, 0.29) is 17.6 Å². The van der Waals surface area contributed by atoms with Crippen LogP contribution in [0.5, 0.6) is 0 Å².